The molecule has 35 heavy (non-hydrogen) atoms. The standard InChI is InChI=1S/C26H30FN5O3/c1-16-19(6-5-18(27)24(16)35-4)30-25-17-11-21(22(34-3)12-20(17)28-15-29-25)32-14-26(13-23(32)33)7-9-31(2)10-8-26/h5-6,11-12,15H,7-10,13-14H2,1-4H3,(H,28,29,30). The van der Waals surface area contributed by atoms with Crippen molar-refractivity contribution in [3.63, 3.8) is 0 Å². The lowest BCUT2D eigenvalue weighted by Crippen LogP contribution is -2.39. The summed E-state index contributed by atoms with van der Waals surface area (Å²) in [5.74, 6) is 1.02. The van der Waals surface area contributed by atoms with Crippen LogP contribution >= 0.6 is 0 Å². The summed E-state index contributed by atoms with van der Waals surface area (Å²) >= 11 is 0. The van der Waals surface area contributed by atoms with Gasteiger partial charge in [0.25, 0.3) is 0 Å². The first-order valence-corrected chi connectivity index (χ1v) is 11.8. The van der Waals surface area contributed by atoms with Crippen molar-refractivity contribution in [2.24, 2.45) is 5.41 Å². The average Bonchev–Trinajstić information content (AvgIpc) is 3.18. The topological polar surface area (TPSA) is 79.8 Å². The van der Waals surface area contributed by atoms with E-state index >= 15 is 0 Å². The third-order valence-electron chi connectivity index (χ3n) is 7.41. The Labute approximate surface area is 204 Å². The Hall–Kier alpha value is -3.46. The Kier molecular flexibility index (Phi) is 5.96. The number of hydrogen-bond acceptors (Lipinski definition) is 7. The number of halogens is 1. The fraction of sp³-hybridized carbons (Fsp3) is 0.423. The second-order valence-electron chi connectivity index (χ2n) is 9.60. The minimum Gasteiger partial charge on any atom is -0.494 e. The summed E-state index contributed by atoms with van der Waals surface area (Å²) in [6.07, 6.45) is 4.02. The Balaban J connectivity index is 1.54. The van der Waals surface area contributed by atoms with Crippen LogP contribution in [0.3, 0.4) is 0 Å². The first kappa shape index (κ1) is 23.3. The largest absolute Gasteiger partial charge is 0.494 e. The van der Waals surface area contributed by atoms with E-state index < -0.39 is 5.82 Å². The maximum atomic E-state index is 14.1. The van der Waals surface area contributed by atoms with Crippen molar-refractivity contribution in [2.75, 3.05) is 51.1 Å². The van der Waals surface area contributed by atoms with Crippen LogP contribution in [0.2, 0.25) is 0 Å². The molecule has 0 aliphatic carbocycles. The van der Waals surface area contributed by atoms with Crippen molar-refractivity contribution < 1.29 is 18.7 Å². The van der Waals surface area contributed by atoms with Crippen LogP contribution in [0, 0.1) is 18.2 Å². The van der Waals surface area contributed by atoms with E-state index in [1.54, 1.807) is 20.1 Å². The Morgan fingerprint density at radius 1 is 1.11 bits per heavy atom. The second-order valence-corrected chi connectivity index (χ2v) is 9.60. The van der Waals surface area contributed by atoms with Crippen molar-refractivity contribution in [3.8, 4) is 11.5 Å². The molecule has 1 N–H and O–H groups in total. The Morgan fingerprint density at radius 2 is 1.89 bits per heavy atom. The van der Waals surface area contributed by atoms with Crippen LogP contribution < -0.4 is 19.7 Å². The number of nitrogens with one attached hydrogen (secondary N) is 1. The molecule has 0 atom stereocenters. The van der Waals surface area contributed by atoms with Gasteiger partial charge in [-0.3, -0.25) is 4.79 Å². The van der Waals surface area contributed by atoms with Crippen LogP contribution in [-0.4, -0.2) is 61.7 Å². The minimum absolute atomic E-state index is 0.000390. The van der Waals surface area contributed by atoms with Crippen molar-refractivity contribution in [2.45, 2.75) is 26.2 Å². The van der Waals surface area contributed by atoms with E-state index in [0.717, 1.165) is 31.3 Å². The van der Waals surface area contributed by atoms with Crippen LogP contribution in [0.15, 0.2) is 30.6 Å². The van der Waals surface area contributed by atoms with Crippen molar-refractivity contribution in [3.05, 3.63) is 42.0 Å². The van der Waals surface area contributed by atoms with Gasteiger partial charge >= 0.3 is 0 Å². The SMILES string of the molecule is COc1cc2ncnc(Nc3ccc(F)c(OC)c3C)c2cc1N1CC2(CCN(C)CC2)CC1=O. The van der Waals surface area contributed by atoms with E-state index in [1.807, 2.05) is 17.0 Å². The first-order chi connectivity index (χ1) is 16.8. The molecule has 2 fully saturated rings. The van der Waals surface area contributed by atoms with Gasteiger partial charge in [-0.25, -0.2) is 14.4 Å². The highest BCUT2D eigenvalue weighted by Crippen LogP contribution is 2.45. The average molecular weight is 480 g/mol. The number of methoxy groups -OCH3 is 2. The van der Waals surface area contributed by atoms with Crippen molar-refractivity contribution >= 4 is 34.0 Å². The zero-order valence-corrected chi connectivity index (χ0v) is 20.5. The smallest absolute Gasteiger partial charge is 0.227 e. The molecular formula is C26H30FN5O3. The summed E-state index contributed by atoms with van der Waals surface area (Å²) in [6, 6.07) is 6.76. The number of likely N-dealkylation sites (tertiary alicyclic amines) is 1. The lowest BCUT2D eigenvalue weighted by atomic mass is 9.78. The van der Waals surface area contributed by atoms with E-state index in [1.165, 1.54) is 19.5 Å². The van der Waals surface area contributed by atoms with Gasteiger partial charge < -0.3 is 24.6 Å². The number of fused-ring (bicyclic) bond motifs is 1. The number of amides is 1. The molecule has 8 nitrogen and oxygen atoms in total. The number of anilines is 3. The van der Waals surface area contributed by atoms with Crippen LogP contribution in [0.4, 0.5) is 21.6 Å². The third-order valence-corrected chi connectivity index (χ3v) is 7.41. The zero-order valence-electron chi connectivity index (χ0n) is 20.5. The molecule has 0 bridgehead atoms. The molecule has 2 aromatic carbocycles. The van der Waals surface area contributed by atoms with Gasteiger partial charge in [0.1, 0.15) is 17.9 Å². The summed E-state index contributed by atoms with van der Waals surface area (Å²) in [6.45, 7) is 4.45. The van der Waals surface area contributed by atoms with Crippen molar-refractivity contribution in [1.29, 1.82) is 0 Å². The van der Waals surface area contributed by atoms with E-state index in [9.17, 15) is 9.18 Å². The zero-order chi connectivity index (χ0) is 24.7. The summed E-state index contributed by atoms with van der Waals surface area (Å²) in [7, 11) is 5.17. The lowest BCUT2D eigenvalue weighted by molar-refractivity contribution is -0.118. The second kappa shape index (κ2) is 8.96. The molecule has 0 saturated carbocycles. The number of carbonyl (C=O) groups is 1. The van der Waals surface area contributed by atoms with Gasteiger partial charge in [-0.15, -0.1) is 0 Å². The lowest BCUT2D eigenvalue weighted by Gasteiger charge is -2.37. The fourth-order valence-corrected chi connectivity index (χ4v) is 5.26. The quantitative estimate of drug-likeness (QED) is 0.585. The van der Waals surface area contributed by atoms with Crippen LogP contribution in [0.1, 0.15) is 24.8 Å². The molecule has 1 aromatic heterocycles. The maximum Gasteiger partial charge on any atom is 0.227 e. The molecule has 1 spiro atoms. The number of hydrogen-bond donors (Lipinski definition) is 1. The molecular weight excluding hydrogens is 449 g/mol. The molecule has 2 saturated heterocycles. The summed E-state index contributed by atoms with van der Waals surface area (Å²) in [4.78, 5) is 26.3. The molecule has 2 aliphatic heterocycles. The molecule has 9 heteroatoms. The highest BCUT2D eigenvalue weighted by Gasteiger charge is 2.45. The van der Waals surface area contributed by atoms with Gasteiger partial charge in [0.05, 0.1) is 25.4 Å². The number of carbonyl (C=O) groups excluding carboxylic acids is 1. The molecule has 0 radical (unpaired) electrons. The highest BCUT2D eigenvalue weighted by molar-refractivity contribution is 6.02. The van der Waals surface area contributed by atoms with E-state index in [2.05, 4.69) is 27.2 Å². The molecule has 1 amide bonds. The van der Waals surface area contributed by atoms with Gasteiger partial charge in [0.2, 0.25) is 5.91 Å². The number of piperidine rings is 1. The van der Waals surface area contributed by atoms with E-state index in [0.29, 0.717) is 47.0 Å². The predicted molar refractivity (Wildman–Crippen MR) is 133 cm³/mol. The van der Waals surface area contributed by atoms with E-state index in [-0.39, 0.29) is 17.1 Å². The molecule has 3 heterocycles. The fourth-order valence-electron chi connectivity index (χ4n) is 5.26. The number of rotatable bonds is 5. The maximum absolute atomic E-state index is 14.1. The monoisotopic (exact) mass is 479 g/mol. The molecule has 0 unspecified atom stereocenters. The Morgan fingerprint density at radius 3 is 2.60 bits per heavy atom. The van der Waals surface area contributed by atoms with Crippen LogP contribution in [0.5, 0.6) is 11.5 Å². The minimum atomic E-state index is -0.425. The number of nitrogens with zero attached hydrogens (tertiary/aromatic N) is 4. The van der Waals surface area contributed by atoms with Gasteiger partial charge in [-0.05, 0) is 63.5 Å². The number of aromatic nitrogens is 2. The van der Waals surface area contributed by atoms with Gasteiger partial charge in [-0.1, -0.05) is 0 Å². The number of ether oxygens (including phenoxy) is 2. The van der Waals surface area contributed by atoms with Crippen LogP contribution in [0.25, 0.3) is 10.9 Å². The third kappa shape index (κ3) is 4.14. The first-order valence-electron chi connectivity index (χ1n) is 11.8. The van der Waals surface area contributed by atoms with Gasteiger partial charge in [-0.2, -0.15) is 0 Å². The summed E-state index contributed by atoms with van der Waals surface area (Å²) in [5.41, 5.74) is 2.69. The number of benzene rings is 2. The molecule has 5 rings (SSSR count). The van der Waals surface area contributed by atoms with Gasteiger partial charge in [0, 0.05) is 35.7 Å². The highest BCUT2D eigenvalue weighted by atomic mass is 19.1. The van der Waals surface area contributed by atoms with Gasteiger partial charge in [0.15, 0.2) is 11.6 Å². The normalized spacial score (nSPS) is 17.9. The van der Waals surface area contributed by atoms with Crippen molar-refractivity contribution in [1.82, 2.24) is 14.9 Å². The van der Waals surface area contributed by atoms with Crippen LogP contribution in [-0.2, 0) is 4.79 Å². The van der Waals surface area contributed by atoms with E-state index in [4.69, 9.17) is 9.47 Å². The summed E-state index contributed by atoms with van der Waals surface area (Å²) in [5, 5.41) is 4.04. The Bertz CT molecular complexity index is 1290. The molecule has 184 valence electrons. The predicted octanol–water partition coefficient (Wildman–Crippen LogP) is 4.29. The molecule has 3 aromatic rings. The summed E-state index contributed by atoms with van der Waals surface area (Å²) < 4.78 is 25.0. The molecule has 2 aliphatic rings.